The van der Waals surface area contributed by atoms with Crippen LogP contribution in [0.5, 0.6) is 5.75 Å². The van der Waals surface area contributed by atoms with Gasteiger partial charge in [-0.25, -0.2) is 4.39 Å². The lowest BCUT2D eigenvalue weighted by atomic mass is 10.0. The quantitative estimate of drug-likeness (QED) is 0.889. The summed E-state index contributed by atoms with van der Waals surface area (Å²) in [5.41, 5.74) is 1.16. The van der Waals surface area contributed by atoms with Gasteiger partial charge in [0.2, 0.25) is 0 Å². The van der Waals surface area contributed by atoms with Gasteiger partial charge in [0.25, 0.3) is 0 Å². The van der Waals surface area contributed by atoms with Gasteiger partial charge in [-0.05, 0) is 25.1 Å². The van der Waals surface area contributed by atoms with E-state index in [-0.39, 0.29) is 5.82 Å². The van der Waals surface area contributed by atoms with Crippen molar-refractivity contribution in [3.05, 3.63) is 46.5 Å². The van der Waals surface area contributed by atoms with Crippen LogP contribution in [0.2, 0.25) is 5.02 Å². The second-order valence-electron chi connectivity index (χ2n) is 4.74. The van der Waals surface area contributed by atoms with Crippen LogP contribution < -0.4 is 10.1 Å². The van der Waals surface area contributed by atoms with Crippen LogP contribution in [0, 0.1) is 5.82 Å². The van der Waals surface area contributed by atoms with Gasteiger partial charge >= 0.3 is 0 Å². The molecule has 2 aromatic rings. The predicted molar refractivity (Wildman–Crippen MR) is 81.3 cm³/mol. The molecule has 6 heteroatoms. The zero-order chi connectivity index (χ0) is 15.4. The van der Waals surface area contributed by atoms with E-state index in [0.717, 1.165) is 13.0 Å². The number of ether oxygens (including phenoxy) is 1. The SMILES string of the molecule is CCCNC(c1c(F)cccc1OC)c1c(Cl)cnn1C. The van der Waals surface area contributed by atoms with E-state index in [2.05, 4.69) is 10.4 Å². The molecule has 4 nitrogen and oxygen atoms in total. The third-order valence-electron chi connectivity index (χ3n) is 3.33. The number of benzene rings is 1. The summed E-state index contributed by atoms with van der Waals surface area (Å²) in [6.07, 6.45) is 2.48. The highest BCUT2D eigenvalue weighted by Gasteiger charge is 2.26. The summed E-state index contributed by atoms with van der Waals surface area (Å²) in [4.78, 5) is 0. The van der Waals surface area contributed by atoms with Crippen LogP contribution in [-0.4, -0.2) is 23.4 Å². The van der Waals surface area contributed by atoms with Crippen molar-refractivity contribution in [3.8, 4) is 5.75 Å². The smallest absolute Gasteiger partial charge is 0.132 e. The maximum atomic E-state index is 14.4. The highest BCUT2D eigenvalue weighted by molar-refractivity contribution is 6.31. The Hall–Kier alpha value is -1.59. The third kappa shape index (κ3) is 3.19. The van der Waals surface area contributed by atoms with Gasteiger partial charge in [-0.3, -0.25) is 4.68 Å². The minimum absolute atomic E-state index is 0.333. The molecule has 0 aliphatic heterocycles. The van der Waals surface area contributed by atoms with Gasteiger partial charge in [-0.15, -0.1) is 0 Å². The highest BCUT2D eigenvalue weighted by atomic mass is 35.5. The van der Waals surface area contributed by atoms with Crippen molar-refractivity contribution >= 4 is 11.6 Å². The standard InChI is InChI=1S/C15H19ClFN3O/c1-4-8-18-14(15-10(16)9-19-20(15)2)13-11(17)6-5-7-12(13)21-3/h5-7,9,14,18H,4,8H2,1-3H3. The molecule has 21 heavy (non-hydrogen) atoms. The Morgan fingerprint density at radius 1 is 1.48 bits per heavy atom. The van der Waals surface area contributed by atoms with Crippen LogP contribution in [0.4, 0.5) is 4.39 Å². The summed E-state index contributed by atoms with van der Waals surface area (Å²) < 4.78 is 21.3. The van der Waals surface area contributed by atoms with Crippen LogP contribution >= 0.6 is 11.6 Å². The lowest BCUT2D eigenvalue weighted by Crippen LogP contribution is -2.27. The first-order valence-electron chi connectivity index (χ1n) is 6.83. The Labute approximate surface area is 128 Å². The van der Waals surface area contributed by atoms with Crippen molar-refractivity contribution in [2.24, 2.45) is 7.05 Å². The molecule has 1 aromatic heterocycles. The number of nitrogens with zero attached hydrogens (tertiary/aromatic N) is 2. The first kappa shape index (κ1) is 15.8. The molecule has 1 unspecified atom stereocenters. The zero-order valence-electron chi connectivity index (χ0n) is 12.4. The molecule has 1 heterocycles. The first-order chi connectivity index (χ1) is 10.1. The van der Waals surface area contributed by atoms with Gasteiger partial charge in [0.15, 0.2) is 0 Å². The Bertz CT molecular complexity index is 595. The fourth-order valence-electron chi connectivity index (χ4n) is 2.34. The Balaban J connectivity index is 2.56. The Kier molecular flexibility index (Phi) is 5.20. The highest BCUT2D eigenvalue weighted by Crippen LogP contribution is 2.35. The average Bonchev–Trinajstić information content (AvgIpc) is 2.80. The maximum absolute atomic E-state index is 14.4. The van der Waals surface area contributed by atoms with E-state index in [1.807, 2.05) is 6.92 Å². The maximum Gasteiger partial charge on any atom is 0.132 e. The molecule has 2 rings (SSSR count). The van der Waals surface area contributed by atoms with E-state index in [4.69, 9.17) is 16.3 Å². The second kappa shape index (κ2) is 6.91. The summed E-state index contributed by atoms with van der Waals surface area (Å²) in [7, 11) is 3.31. The number of aryl methyl sites for hydroxylation is 1. The summed E-state index contributed by atoms with van der Waals surface area (Å²) >= 11 is 6.23. The third-order valence-corrected chi connectivity index (χ3v) is 3.62. The van der Waals surface area contributed by atoms with E-state index >= 15 is 0 Å². The molecule has 0 fully saturated rings. The van der Waals surface area contributed by atoms with E-state index in [1.165, 1.54) is 13.2 Å². The number of aromatic nitrogens is 2. The number of nitrogens with one attached hydrogen (secondary N) is 1. The van der Waals surface area contributed by atoms with E-state index in [0.29, 0.717) is 22.0 Å². The van der Waals surface area contributed by atoms with Gasteiger partial charge in [0.1, 0.15) is 11.6 Å². The molecule has 0 amide bonds. The van der Waals surface area contributed by atoms with Crippen molar-refractivity contribution in [2.45, 2.75) is 19.4 Å². The zero-order valence-corrected chi connectivity index (χ0v) is 13.1. The van der Waals surface area contributed by atoms with Crippen molar-refractivity contribution in [2.75, 3.05) is 13.7 Å². The lowest BCUT2D eigenvalue weighted by Gasteiger charge is -2.22. The fourth-order valence-corrected chi connectivity index (χ4v) is 2.62. The number of rotatable bonds is 6. The summed E-state index contributed by atoms with van der Waals surface area (Å²) in [5, 5.41) is 7.95. The summed E-state index contributed by atoms with van der Waals surface area (Å²) in [5.74, 6) is 0.154. The van der Waals surface area contributed by atoms with Crippen molar-refractivity contribution in [1.29, 1.82) is 0 Å². The second-order valence-corrected chi connectivity index (χ2v) is 5.15. The molecule has 1 atom stereocenters. The van der Waals surface area contributed by atoms with E-state index in [1.54, 1.807) is 30.1 Å². The minimum atomic E-state index is -0.416. The topological polar surface area (TPSA) is 39.1 Å². The molecule has 0 spiro atoms. The predicted octanol–water partition coefficient (Wildman–Crippen LogP) is 3.31. The molecule has 114 valence electrons. The number of halogens is 2. The monoisotopic (exact) mass is 311 g/mol. The fraction of sp³-hybridized carbons (Fsp3) is 0.400. The normalized spacial score (nSPS) is 12.4. The van der Waals surface area contributed by atoms with Crippen molar-refractivity contribution in [3.63, 3.8) is 0 Å². The summed E-state index contributed by atoms with van der Waals surface area (Å²) in [6, 6.07) is 4.37. The Morgan fingerprint density at radius 2 is 2.24 bits per heavy atom. The molecule has 0 bridgehead atoms. The molecular formula is C15H19ClFN3O. The number of hydrogen-bond acceptors (Lipinski definition) is 3. The van der Waals surface area contributed by atoms with Crippen LogP contribution in [0.3, 0.4) is 0 Å². The molecule has 0 aliphatic rings. The molecule has 1 aromatic carbocycles. The molecule has 0 radical (unpaired) electrons. The van der Waals surface area contributed by atoms with Gasteiger partial charge < -0.3 is 10.1 Å². The lowest BCUT2D eigenvalue weighted by molar-refractivity contribution is 0.394. The molecular weight excluding hydrogens is 293 g/mol. The van der Waals surface area contributed by atoms with Crippen LogP contribution in [0.25, 0.3) is 0 Å². The largest absolute Gasteiger partial charge is 0.496 e. The average molecular weight is 312 g/mol. The van der Waals surface area contributed by atoms with Gasteiger partial charge in [-0.2, -0.15) is 5.10 Å². The van der Waals surface area contributed by atoms with Crippen molar-refractivity contribution in [1.82, 2.24) is 15.1 Å². The van der Waals surface area contributed by atoms with Gasteiger partial charge in [0, 0.05) is 7.05 Å². The Morgan fingerprint density at radius 3 is 2.81 bits per heavy atom. The van der Waals surface area contributed by atoms with Gasteiger partial charge in [-0.1, -0.05) is 24.6 Å². The number of methoxy groups -OCH3 is 1. The minimum Gasteiger partial charge on any atom is -0.496 e. The van der Waals surface area contributed by atoms with Crippen LogP contribution in [0.15, 0.2) is 24.4 Å². The molecule has 1 N–H and O–H groups in total. The number of hydrogen-bond donors (Lipinski definition) is 1. The first-order valence-corrected chi connectivity index (χ1v) is 7.21. The van der Waals surface area contributed by atoms with Crippen LogP contribution in [-0.2, 0) is 7.05 Å². The molecule has 0 saturated carbocycles. The van der Waals surface area contributed by atoms with Gasteiger partial charge in [0.05, 0.1) is 35.6 Å². The van der Waals surface area contributed by atoms with E-state index < -0.39 is 6.04 Å². The summed E-state index contributed by atoms with van der Waals surface area (Å²) in [6.45, 7) is 2.77. The molecule has 0 saturated heterocycles. The van der Waals surface area contributed by atoms with Crippen molar-refractivity contribution < 1.29 is 9.13 Å². The van der Waals surface area contributed by atoms with Crippen LogP contribution in [0.1, 0.15) is 30.6 Å². The van der Waals surface area contributed by atoms with E-state index in [9.17, 15) is 4.39 Å². The molecule has 0 aliphatic carbocycles.